The number of ether oxygens (including phenoxy) is 2. The lowest BCUT2D eigenvalue weighted by atomic mass is 9.74. The third-order valence-corrected chi connectivity index (χ3v) is 8.68. The SMILES string of the molecule is CCCCCCCCCCCCC(C#N)(CCCN1CCN(c2ccccc2)CC1)c1ccc(OC)c(OC)c1.Cl. The predicted octanol–water partition coefficient (Wildman–Crippen LogP) is 8.80. The van der Waals surface area contributed by atoms with E-state index in [1.807, 2.05) is 12.1 Å². The second-order valence-electron chi connectivity index (χ2n) is 11.5. The largest absolute Gasteiger partial charge is 0.493 e. The number of nitriles is 1. The topological polar surface area (TPSA) is 48.7 Å². The molecule has 0 N–H and O–H groups in total. The number of piperazine rings is 1. The van der Waals surface area contributed by atoms with Gasteiger partial charge in [0.2, 0.25) is 0 Å². The van der Waals surface area contributed by atoms with Crippen LogP contribution >= 0.6 is 12.4 Å². The molecule has 0 spiro atoms. The van der Waals surface area contributed by atoms with Crippen LogP contribution in [0, 0.1) is 11.3 Å². The van der Waals surface area contributed by atoms with Gasteiger partial charge in [0.1, 0.15) is 0 Å². The Morgan fingerprint density at radius 2 is 1.32 bits per heavy atom. The highest BCUT2D eigenvalue weighted by Crippen LogP contribution is 2.39. The molecule has 0 aromatic heterocycles. The number of hydrogen-bond donors (Lipinski definition) is 0. The van der Waals surface area contributed by atoms with Crippen LogP contribution in [0.4, 0.5) is 5.69 Å². The van der Waals surface area contributed by atoms with Gasteiger partial charge in [-0.3, -0.25) is 4.90 Å². The Balaban J connectivity index is 0.00000588. The standard InChI is InChI=1S/C35H53N3O2.ClH/c1-4-5-6-7-8-9-10-11-12-16-22-35(30-36,31-20-21-33(39-2)34(29-31)40-3)23-17-24-37-25-27-38(28-26-37)32-18-14-13-15-19-32;/h13-15,18-21,29H,4-12,16-17,22-28H2,1-3H3;1H. The molecule has 2 aromatic carbocycles. The minimum absolute atomic E-state index is 0. The normalized spacial score (nSPS) is 15.0. The van der Waals surface area contributed by atoms with E-state index in [2.05, 4.69) is 59.2 Å². The van der Waals surface area contributed by atoms with E-state index < -0.39 is 5.41 Å². The molecule has 1 atom stereocenters. The van der Waals surface area contributed by atoms with Gasteiger partial charge in [0.05, 0.1) is 25.7 Å². The van der Waals surface area contributed by atoms with E-state index >= 15 is 0 Å². The van der Waals surface area contributed by atoms with Gasteiger partial charge in [-0.15, -0.1) is 12.4 Å². The molecule has 0 radical (unpaired) electrons. The minimum atomic E-state index is -0.494. The molecular formula is C35H54ClN3O2. The molecule has 3 rings (SSSR count). The van der Waals surface area contributed by atoms with Crippen molar-refractivity contribution in [3.05, 3.63) is 54.1 Å². The maximum Gasteiger partial charge on any atom is 0.161 e. The monoisotopic (exact) mass is 583 g/mol. The summed E-state index contributed by atoms with van der Waals surface area (Å²) < 4.78 is 11.1. The van der Waals surface area contributed by atoms with Crippen LogP contribution in [0.1, 0.15) is 96.0 Å². The lowest BCUT2D eigenvalue weighted by Gasteiger charge is -2.36. The smallest absolute Gasteiger partial charge is 0.161 e. The van der Waals surface area contributed by atoms with Crippen LogP contribution in [0.15, 0.2) is 48.5 Å². The molecule has 0 amide bonds. The molecular weight excluding hydrogens is 530 g/mol. The molecule has 1 fully saturated rings. The molecule has 5 nitrogen and oxygen atoms in total. The third-order valence-electron chi connectivity index (χ3n) is 8.68. The van der Waals surface area contributed by atoms with Crippen LogP contribution in [0.2, 0.25) is 0 Å². The molecule has 6 heteroatoms. The Morgan fingerprint density at radius 3 is 1.90 bits per heavy atom. The molecule has 1 heterocycles. The number of benzene rings is 2. The van der Waals surface area contributed by atoms with E-state index in [1.54, 1.807) is 14.2 Å². The van der Waals surface area contributed by atoms with Crippen molar-refractivity contribution >= 4 is 18.1 Å². The molecule has 1 aliphatic heterocycles. The van der Waals surface area contributed by atoms with Crippen molar-refractivity contribution in [2.24, 2.45) is 0 Å². The Morgan fingerprint density at radius 1 is 0.732 bits per heavy atom. The van der Waals surface area contributed by atoms with Crippen molar-refractivity contribution in [1.82, 2.24) is 4.90 Å². The van der Waals surface area contributed by atoms with Gasteiger partial charge in [-0.25, -0.2) is 0 Å². The van der Waals surface area contributed by atoms with Gasteiger partial charge in [0.25, 0.3) is 0 Å². The van der Waals surface area contributed by atoms with E-state index in [-0.39, 0.29) is 12.4 Å². The highest BCUT2D eigenvalue weighted by molar-refractivity contribution is 5.85. The quantitative estimate of drug-likeness (QED) is 0.155. The van der Waals surface area contributed by atoms with Gasteiger partial charge in [0, 0.05) is 31.9 Å². The fourth-order valence-electron chi connectivity index (χ4n) is 6.11. The van der Waals surface area contributed by atoms with Crippen LogP contribution in [0.3, 0.4) is 0 Å². The van der Waals surface area contributed by atoms with E-state index in [1.165, 1.54) is 63.5 Å². The van der Waals surface area contributed by atoms with Gasteiger partial charge in [0.15, 0.2) is 11.5 Å². The van der Waals surface area contributed by atoms with E-state index in [0.29, 0.717) is 11.5 Å². The zero-order valence-electron chi connectivity index (χ0n) is 25.9. The zero-order valence-corrected chi connectivity index (χ0v) is 26.7. The molecule has 228 valence electrons. The maximum atomic E-state index is 10.6. The number of unbranched alkanes of at least 4 members (excludes halogenated alkanes) is 9. The molecule has 0 aliphatic carbocycles. The summed E-state index contributed by atoms with van der Waals surface area (Å²) >= 11 is 0. The first-order valence-corrected chi connectivity index (χ1v) is 15.8. The zero-order chi connectivity index (χ0) is 28.5. The van der Waals surface area contributed by atoms with Crippen LogP contribution in [-0.2, 0) is 5.41 Å². The van der Waals surface area contributed by atoms with Crippen molar-refractivity contribution in [2.75, 3.05) is 51.8 Å². The summed E-state index contributed by atoms with van der Waals surface area (Å²) in [6.07, 6.45) is 15.8. The van der Waals surface area contributed by atoms with Gasteiger partial charge in [-0.05, 0) is 55.6 Å². The van der Waals surface area contributed by atoms with E-state index in [9.17, 15) is 5.26 Å². The maximum absolute atomic E-state index is 10.6. The van der Waals surface area contributed by atoms with Gasteiger partial charge in [-0.1, -0.05) is 95.4 Å². The second-order valence-corrected chi connectivity index (χ2v) is 11.5. The van der Waals surface area contributed by atoms with Gasteiger partial charge < -0.3 is 14.4 Å². The summed E-state index contributed by atoms with van der Waals surface area (Å²) in [5.41, 5.74) is 1.89. The average Bonchev–Trinajstić information content (AvgIpc) is 3.01. The number of anilines is 1. The van der Waals surface area contributed by atoms with Crippen molar-refractivity contribution in [3.63, 3.8) is 0 Å². The Labute approximate surface area is 256 Å². The third kappa shape index (κ3) is 11.1. The first-order valence-electron chi connectivity index (χ1n) is 15.8. The Bertz CT molecular complexity index is 1000. The first-order chi connectivity index (χ1) is 19.7. The number of hydrogen-bond acceptors (Lipinski definition) is 5. The Hall–Kier alpha value is -2.42. The van der Waals surface area contributed by atoms with E-state index in [4.69, 9.17) is 9.47 Å². The summed E-state index contributed by atoms with van der Waals surface area (Å²) in [4.78, 5) is 5.04. The van der Waals surface area contributed by atoms with E-state index in [0.717, 1.165) is 64.0 Å². The molecule has 1 aliphatic rings. The van der Waals surface area contributed by atoms with Gasteiger partial charge in [-0.2, -0.15) is 5.26 Å². The fourth-order valence-corrected chi connectivity index (χ4v) is 6.11. The minimum Gasteiger partial charge on any atom is -0.493 e. The average molecular weight is 584 g/mol. The highest BCUT2D eigenvalue weighted by atomic mass is 35.5. The van der Waals surface area contributed by atoms with Crippen molar-refractivity contribution < 1.29 is 9.47 Å². The summed E-state index contributed by atoms with van der Waals surface area (Å²) in [5, 5.41) is 10.6. The number of para-hydroxylation sites is 1. The summed E-state index contributed by atoms with van der Waals surface area (Å²) in [6.45, 7) is 7.57. The van der Waals surface area contributed by atoms with Crippen LogP contribution in [0.5, 0.6) is 11.5 Å². The summed E-state index contributed by atoms with van der Waals surface area (Å²) in [6, 6.07) is 19.6. The number of nitrogens with zero attached hydrogens (tertiary/aromatic N) is 3. The van der Waals surface area contributed by atoms with Crippen molar-refractivity contribution in [1.29, 1.82) is 5.26 Å². The van der Waals surface area contributed by atoms with Crippen molar-refractivity contribution in [3.8, 4) is 17.6 Å². The Kier molecular flexibility index (Phi) is 16.7. The number of halogens is 1. The molecule has 1 unspecified atom stereocenters. The highest BCUT2D eigenvalue weighted by Gasteiger charge is 2.33. The lowest BCUT2D eigenvalue weighted by molar-refractivity contribution is 0.244. The summed E-state index contributed by atoms with van der Waals surface area (Å²) in [7, 11) is 3.34. The van der Waals surface area contributed by atoms with Crippen LogP contribution in [0.25, 0.3) is 0 Å². The lowest BCUT2D eigenvalue weighted by Crippen LogP contribution is -2.46. The molecule has 0 saturated carbocycles. The second kappa shape index (κ2) is 19.7. The van der Waals surface area contributed by atoms with Crippen LogP contribution < -0.4 is 14.4 Å². The fraction of sp³-hybridized carbons (Fsp3) is 0.629. The van der Waals surface area contributed by atoms with Crippen LogP contribution in [-0.4, -0.2) is 51.8 Å². The van der Waals surface area contributed by atoms with Gasteiger partial charge >= 0.3 is 0 Å². The molecule has 41 heavy (non-hydrogen) atoms. The number of rotatable bonds is 19. The molecule has 0 bridgehead atoms. The number of methoxy groups -OCH3 is 2. The van der Waals surface area contributed by atoms with Crippen molar-refractivity contribution in [2.45, 2.75) is 95.8 Å². The summed E-state index contributed by atoms with van der Waals surface area (Å²) in [5.74, 6) is 1.42. The molecule has 1 saturated heterocycles. The first kappa shape index (κ1) is 34.8. The predicted molar refractivity (Wildman–Crippen MR) is 175 cm³/mol. The molecule has 2 aromatic rings.